The number of hydrogen-bond donors (Lipinski definition) is 2. The summed E-state index contributed by atoms with van der Waals surface area (Å²) in [6, 6.07) is 11.1. The van der Waals surface area contributed by atoms with Crippen LogP contribution in [0.2, 0.25) is 0 Å². The van der Waals surface area contributed by atoms with Crippen molar-refractivity contribution < 1.29 is 4.39 Å². The van der Waals surface area contributed by atoms with Crippen molar-refractivity contribution in [3.8, 4) is 0 Å². The summed E-state index contributed by atoms with van der Waals surface area (Å²) >= 11 is 3.14. The van der Waals surface area contributed by atoms with Crippen LogP contribution in [0.1, 0.15) is 5.56 Å². The van der Waals surface area contributed by atoms with Crippen LogP contribution >= 0.6 is 15.9 Å². The van der Waals surface area contributed by atoms with Crippen LogP contribution < -0.4 is 5.32 Å². The summed E-state index contributed by atoms with van der Waals surface area (Å²) in [5.74, 6) is -0.246. The first kappa shape index (κ1) is 12.2. The molecule has 0 saturated heterocycles. The van der Waals surface area contributed by atoms with Crippen LogP contribution in [-0.4, -0.2) is 10.2 Å². The molecule has 0 aliphatic rings. The van der Waals surface area contributed by atoms with Crippen molar-refractivity contribution in [2.24, 2.45) is 0 Å². The molecular weight excluding hydrogens is 309 g/mol. The Kier molecular flexibility index (Phi) is 3.21. The van der Waals surface area contributed by atoms with Crippen molar-refractivity contribution in [1.29, 1.82) is 0 Å². The maximum Gasteiger partial charge on any atom is 0.137 e. The minimum atomic E-state index is -0.246. The van der Waals surface area contributed by atoms with E-state index in [0.717, 1.165) is 22.2 Å². The summed E-state index contributed by atoms with van der Waals surface area (Å²) in [5, 5.41) is 11.2. The number of rotatable bonds is 3. The van der Waals surface area contributed by atoms with E-state index < -0.39 is 0 Å². The van der Waals surface area contributed by atoms with Crippen LogP contribution in [0.3, 0.4) is 0 Å². The minimum Gasteiger partial charge on any atom is -0.381 e. The molecule has 3 nitrogen and oxygen atoms in total. The molecule has 0 unspecified atom stereocenters. The third kappa shape index (κ3) is 2.61. The number of nitrogens with zero attached hydrogens (tertiary/aromatic N) is 1. The molecule has 1 heterocycles. The van der Waals surface area contributed by atoms with Gasteiger partial charge in [-0.2, -0.15) is 5.10 Å². The van der Waals surface area contributed by atoms with E-state index >= 15 is 0 Å². The maximum atomic E-state index is 13.4. The Morgan fingerprint density at radius 2 is 2.11 bits per heavy atom. The Morgan fingerprint density at radius 3 is 2.95 bits per heavy atom. The van der Waals surface area contributed by atoms with Gasteiger partial charge in [-0.25, -0.2) is 4.39 Å². The van der Waals surface area contributed by atoms with Gasteiger partial charge in [-0.1, -0.05) is 6.07 Å². The van der Waals surface area contributed by atoms with E-state index in [-0.39, 0.29) is 5.82 Å². The monoisotopic (exact) mass is 319 g/mol. The maximum absolute atomic E-state index is 13.4. The van der Waals surface area contributed by atoms with Gasteiger partial charge < -0.3 is 5.32 Å². The van der Waals surface area contributed by atoms with Gasteiger partial charge in [-0.05, 0) is 51.8 Å². The molecule has 0 fully saturated rings. The summed E-state index contributed by atoms with van der Waals surface area (Å²) in [5.41, 5.74) is 2.88. The van der Waals surface area contributed by atoms with Gasteiger partial charge in [0.05, 0.1) is 16.2 Å². The van der Waals surface area contributed by atoms with Crippen molar-refractivity contribution in [2.45, 2.75) is 6.54 Å². The third-order valence-electron chi connectivity index (χ3n) is 2.92. The van der Waals surface area contributed by atoms with Crippen LogP contribution in [0.5, 0.6) is 0 Å². The number of fused-ring (bicyclic) bond motifs is 1. The standard InChI is InChI=1S/C14H11BrFN3/c15-12-3-1-9(5-13(12)16)7-17-11-2-4-14-10(6-11)8-18-19-14/h1-6,8,17H,7H2,(H,18,19). The number of hydrogen-bond acceptors (Lipinski definition) is 2. The Labute approximate surface area is 118 Å². The smallest absolute Gasteiger partial charge is 0.137 e. The van der Waals surface area contributed by atoms with Crippen LogP contribution in [0, 0.1) is 5.82 Å². The number of H-pyrrole nitrogens is 1. The van der Waals surface area contributed by atoms with Crippen LogP contribution in [-0.2, 0) is 6.54 Å². The zero-order valence-corrected chi connectivity index (χ0v) is 11.5. The highest BCUT2D eigenvalue weighted by atomic mass is 79.9. The van der Waals surface area contributed by atoms with Crippen molar-refractivity contribution in [1.82, 2.24) is 10.2 Å². The summed E-state index contributed by atoms with van der Waals surface area (Å²) in [6.07, 6.45) is 1.78. The average Bonchev–Trinajstić information content (AvgIpc) is 2.87. The molecule has 19 heavy (non-hydrogen) atoms. The van der Waals surface area contributed by atoms with E-state index in [2.05, 4.69) is 31.4 Å². The molecule has 5 heteroatoms. The minimum absolute atomic E-state index is 0.246. The van der Waals surface area contributed by atoms with E-state index in [0.29, 0.717) is 11.0 Å². The van der Waals surface area contributed by atoms with Gasteiger partial charge in [0, 0.05) is 17.6 Å². The first-order valence-electron chi connectivity index (χ1n) is 5.83. The molecule has 96 valence electrons. The molecule has 0 aliphatic carbocycles. The number of aromatic nitrogens is 2. The normalized spacial score (nSPS) is 10.8. The Bertz CT molecular complexity index is 724. The second-order valence-electron chi connectivity index (χ2n) is 4.27. The molecule has 0 saturated carbocycles. The lowest BCUT2D eigenvalue weighted by atomic mass is 10.2. The molecule has 2 aromatic carbocycles. The first-order valence-corrected chi connectivity index (χ1v) is 6.62. The average molecular weight is 320 g/mol. The van der Waals surface area contributed by atoms with Gasteiger partial charge in [0.25, 0.3) is 0 Å². The Morgan fingerprint density at radius 1 is 1.21 bits per heavy atom. The lowest BCUT2D eigenvalue weighted by molar-refractivity contribution is 0.619. The molecule has 1 aromatic heterocycles. The fraction of sp³-hybridized carbons (Fsp3) is 0.0714. The van der Waals surface area contributed by atoms with Crippen molar-refractivity contribution >= 4 is 32.5 Å². The topological polar surface area (TPSA) is 40.7 Å². The molecule has 0 spiro atoms. The lowest BCUT2D eigenvalue weighted by Gasteiger charge is -2.07. The predicted molar refractivity (Wildman–Crippen MR) is 77.5 cm³/mol. The zero-order valence-electron chi connectivity index (χ0n) is 9.95. The van der Waals surface area contributed by atoms with Crippen LogP contribution in [0.25, 0.3) is 10.9 Å². The second-order valence-corrected chi connectivity index (χ2v) is 5.13. The van der Waals surface area contributed by atoms with E-state index in [1.807, 2.05) is 24.3 Å². The number of nitrogens with one attached hydrogen (secondary N) is 2. The molecule has 0 aliphatic heterocycles. The molecule has 3 aromatic rings. The number of benzene rings is 2. The number of anilines is 1. The fourth-order valence-corrected chi connectivity index (χ4v) is 2.15. The SMILES string of the molecule is Fc1cc(CNc2ccc3[nH]ncc3c2)ccc1Br. The third-order valence-corrected chi connectivity index (χ3v) is 3.56. The highest BCUT2D eigenvalue weighted by molar-refractivity contribution is 9.10. The van der Waals surface area contributed by atoms with Gasteiger partial charge in [0.2, 0.25) is 0 Å². The first-order chi connectivity index (χ1) is 9.22. The molecule has 0 bridgehead atoms. The van der Waals surface area contributed by atoms with Crippen molar-refractivity contribution in [3.63, 3.8) is 0 Å². The van der Waals surface area contributed by atoms with Gasteiger partial charge in [0.1, 0.15) is 5.82 Å². The van der Waals surface area contributed by atoms with Gasteiger partial charge in [-0.15, -0.1) is 0 Å². The largest absolute Gasteiger partial charge is 0.381 e. The zero-order chi connectivity index (χ0) is 13.2. The fourth-order valence-electron chi connectivity index (χ4n) is 1.91. The number of halogens is 2. The molecule has 3 rings (SSSR count). The molecule has 2 N–H and O–H groups in total. The Balaban J connectivity index is 1.75. The number of aromatic amines is 1. The molecular formula is C14H11BrFN3. The van der Waals surface area contributed by atoms with Gasteiger partial charge >= 0.3 is 0 Å². The van der Waals surface area contributed by atoms with Crippen LogP contribution in [0.4, 0.5) is 10.1 Å². The van der Waals surface area contributed by atoms with E-state index in [9.17, 15) is 4.39 Å². The summed E-state index contributed by atoms with van der Waals surface area (Å²) in [6.45, 7) is 0.577. The Hall–Kier alpha value is -1.88. The van der Waals surface area contributed by atoms with Gasteiger partial charge in [0.15, 0.2) is 0 Å². The summed E-state index contributed by atoms with van der Waals surface area (Å²) < 4.78 is 13.9. The second kappa shape index (κ2) is 5.01. The highest BCUT2D eigenvalue weighted by Crippen LogP contribution is 2.19. The molecule has 0 amide bonds. The van der Waals surface area contributed by atoms with E-state index in [4.69, 9.17) is 0 Å². The molecule has 0 atom stereocenters. The quantitative estimate of drug-likeness (QED) is 0.763. The van der Waals surface area contributed by atoms with Crippen molar-refractivity contribution in [2.75, 3.05) is 5.32 Å². The predicted octanol–water partition coefficient (Wildman–Crippen LogP) is 4.08. The van der Waals surface area contributed by atoms with E-state index in [1.54, 1.807) is 12.3 Å². The summed E-state index contributed by atoms with van der Waals surface area (Å²) in [4.78, 5) is 0. The molecule has 0 radical (unpaired) electrons. The summed E-state index contributed by atoms with van der Waals surface area (Å²) in [7, 11) is 0. The van der Waals surface area contributed by atoms with Crippen LogP contribution in [0.15, 0.2) is 47.1 Å². The van der Waals surface area contributed by atoms with Gasteiger partial charge in [-0.3, -0.25) is 5.10 Å². The van der Waals surface area contributed by atoms with E-state index in [1.165, 1.54) is 6.07 Å². The van der Waals surface area contributed by atoms with Crippen molar-refractivity contribution in [3.05, 3.63) is 58.4 Å². The highest BCUT2D eigenvalue weighted by Gasteiger charge is 2.01. The lowest BCUT2D eigenvalue weighted by Crippen LogP contribution is -1.99.